The molecule has 1 aromatic heterocycles. The SMILES string of the molecule is CCc1cc(CC(CCC(F)(F)F)NC)n(C)n1. The van der Waals surface area contributed by atoms with Gasteiger partial charge < -0.3 is 5.32 Å². The fraction of sp³-hybridized carbons (Fsp3) is 0.750. The molecule has 0 aliphatic carbocycles. The van der Waals surface area contributed by atoms with Gasteiger partial charge in [-0.3, -0.25) is 4.68 Å². The summed E-state index contributed by atoms with van der Waals surface area (Å²) < 4.78 is 38.3. The predicted octanol–water partition coefficient (Wildman–Crippen LogP) is 2.46. The maximum atomic E-state index is 12.2. The van der Waals surface area contributed by atoms with Crippen molar-refractivity contribution in [3.8, 4) is 0 Å². The lowest BCUT2D eigenvalue weighted by atomic mass is 10.1. The molecule has 0 saturated carbocycles. The average molecular weight is 263 g/mol. The molecule has 104 valence electrons. The molecule has 1 rings (SSSR count). The first-order chi connectivity index (χ1) is 8.35. The van der Waals surface area contributed by atoms with Crippen molar-refractivity contribution in [2.75, 3.05) is 7.05 Å². The lowest BCUT2D eigenvalue weighted by Gasteiger charge is -2.17. The Labute approximate surface area is 105 Å². The van der Waals surface area contributed by atoms with E-state index in [0.717, 1.165) is 17.8 Å². The lowest BCUT2D eigenvalue weighted by Crippen LogP contribution is -2.30. The highest BCUT2D eigenvalue weighted by atomic mass is 19.4. The van der Waals surface area contributed by atoms with Crippen molar-refractivity contribution in [2.24, 2.45) is 7.05 Å². The highest BCUT2D eigenvalue weighted by Crippen LogP contribution is 2.23. The summed E-state index contributed by atoms with van der Waals surface area (Å²) in [5.74, 6) is 0. The van der Waals surface area contributed by atoms with Crippen LogP contribution in [-0.2, 0) is 19.9 Å². The highest BCUT2D eigenvalue weighted by Gasteiger charge is 2.28. The standard InChI is InChI=1S/C12H20F3N3/c1-4-9-7-11(18(3)17-9)8-10(16-2)5-6-12(13,14)15/h7,10,16H,4-6,8H2,1-3H3. The minimum absolute atomic E-state index is 0.0899. The van der Waals surface area contributed by atoms with Crippen LogP contribution in [0.25, 0.3) is 0 Å². The van der Waals surface area contributed by atoms with Gasteiger partial charge >= 0.3 is 6.18 Å². The molecule has 0 bridgehead atoms. The molecule has 0 aliphatic heterocycles. The Morgan fingerprint density at radius 1 is 1.44 bits per heavy atom. The van der Waals surface area contributed by atoms with E-state index in [9.17, 15) is 13.2 Å². The summed E-state index contributed by atoms with van der Waals surface area (Å²) in [7, 11) is 3.52. The van der Waals surface area contributed by atoms with Crippen LogP contribution < -0.4 is 5.32 Å². The van der Waals surface area contributed by atoms with Crippen LogP contribution in [0, 0.1) is 0 Å². The number of alkyl halides is 3. The van der Waals surface area contributed by atoms with E-state index >= 15 is 0 Å². The minimum atomic E-state index is -4.09. The third kappa shape index (κ3) is 4.68. The highest BCUT2D eigenvalue weighted by molar-refractivity contribution is 5.11. The largest absolute Gasteiger partial charge is 0.389 e. The molecule has 0 amide bonds. The van der Waals surface area contributed by atoms with Gasteiger partial charge in [0.15, 0.2) is 0 Å². The topological polar surface area (TPSA) is 29.9 Å². The summed E-state index contributed by atoms with van der Waals surface area (Å²) in [6.45, 7) is 2.01. The first-order valence-electron chi connectivity index (χ1n) is 6.11. The van der Waals surface area contributed by atoms with Crippen LogP contribution in [0.4, 0.5) is 13.2 Å². The number of hydrogen-bond donors (Lipinski definition) is 1. The van der Waals surface area contributed by atoms with Crippen molar-refractivity contribution in [3.63, 3.8) is 0 Å². The van der Waals surface area contributed by atoms with Crippen LogP contribution in [0.5, 0.6) is 0 Å². The molecule has 0 aliphatic rings. The quantitative estimate of drug-likeness (QED) is 0.854. The molecule has 18 heavy (non-hydrogen) atoms. The zero-order chi connectivity index (χ0) is 13.8. The second kappa shape index (κ2) is 6.22. The van der Waals surface area contributed by atoms with Crippen molar-refractivity contribution in [3.05, 3.63) is 17.5 Å². The van der Waals surface area contributed by atoms with Crippen molar-refractivity contribution in [2.45, 2.75) is 44.8 Å². The maximum Gasteiger partial charge on any atom is 0.389 e. The van der Waals surface area contributed by atoms with E-state index in [4.69, 9.17) is 0 Å². The molecular formula is C12H20F3N3. The van der Waals surface area contributed by atoms with E-state index in [2.05, 4.69) is 10.4 Å². The van der Waals surface area contributed by atoms with Crippen LogP contribution in [0.1, 0.15) is 31.2 Å². The molecule has 1 heterocycles. The van der Waals surface area contributed by atoms with E-state index in [1.807, 2.05) is 20.0 Å². The summed E-state index contributed by atoms with van der Waals surface area (Å²) in [4.78, 5) is 0. The van der Waals surface area contributed by atoms with E-state index in [1.54, 1.807) is 11.7 Å². The Balaban J connectivity index is 2.59. The van der Waals surface area contributed by atoms with Gasteiger partial charge in [-0.2, -0.15) is 18.3 Å². The van der Waals surface area contributed by atoms with Crippen LogP contribution in [0.2, 0.25) is 0 Å². The van der Waals surface area contributed by atoms with Gasteiger partial charge in [-0.25, -0.2) is 0 Å². The fourth-order valence-electron chi connectivity index (χ4n) is 1.87. The first kappa shape index (κ1) is 15.0. The molecule has 0 saturated heterocycles. The molecular weight excluding hydrogens is 243 g/mol. The number of nitrogens with one attached hydrogen (secondary N) is 1. The normalized spacial score (nSPS) is 13.9. The number of halogens is 3. The third-order valence-electron chi connectivity index (χ3n) is 3.03. The van der Waals surface area contributed by atoms with Gasteiger partial charge in [-0.15, -0.1) is 0 Å². The van der Waals surface area contributed by atoms with Crippen LogP contribution in [-0.4, -0.2) is 29.0 Å². The maximum absolute atomic E-state index is 12.2. The zero-order valence-electron chi connectivity index (χ0n) is 11.0. The average Bonchev–Trinajstić information content (AvgIpc) is 2.64. The minimum Gasteiger partial charge on any atom is -0.317 e. The lowest BCUT2D eigenvalue weighted by molar-refractivity contribution is -0.136. The predicted molar refractivity (Wildman–Crippen MR) is 64.4 cm³/mol. The van der Waals surface area contributed by atoms with E-state index in [-0.39, 0.29) is 12.5 Å². The van der Waals surface area contributed by atoms with Crippen molar-refractivity contribution < 1.29 is 13.2 Å². The summed E-state index contributed by atoms with van der Waals surface area (Å²) in [6.07, 6.45) is -3.35. The summed E-state index contributed by atoms with van der Waals surface area (Å²) in [5, 5.41) is 7.23. The molecule has 1 N–H and O–H groups in total. The van der Waals surface area contributed by atoms with Gasteiger partial charge in [-0.1, -0.05) is 6.92 Å². The van der Waals surface area contributed by atoms with Gasteiger partial charge in [0.05, 0.1) is 5.69 Å². The number of rotatable bonds is 6. The molecule has 6 heteroatoms. The monoisotopic (exact) mass is 263 g/mol. The molecule has 3 nitrogen and oxygen atoms in total. The Morgan fingerprint density at radius 2 is 2.11 bits per heavy atom. The third-order valence-corrected chi connectivity index (χ3v) is 3.03. The Kier molecular flexibility index (Phi) is 5.19. The Morgan fingerprint density at radius 3 is 2.56 bits per heavy atom. The van der Waals surface area contributed by atoms with Gasteiger partial charge in [0, 0.05) is 31.6 Å². The van der Waals surface area contributed by atoms with Crippen LogP contribution >= 0.6 is 0 Å². The molecule has 0 aromatic carbocycles. The Bertz CT molecular complexity index is 371. The molecule has 1 unspecified atom stereocenters. The van der Waals surface area contributed by atoms with Gasteiger partial charge in [0.2, 0.25) is 0 Å². The first-order valence-corrected chi connectivity index (χ1v) is 6.11. The summed E-state index contributed by atoms with van der Waals surface area (Å²) >= 11 is 0. The fourth-order valence-corrected chi connectivity index (χ4v) is 1.87. The number of aryl methyl sites for hydroxylation is 2. The van der Waals surface area contributed by atoms with Gasteiger partial charge in [0.1, 0.15) is 0 Å². The summed E-state index contributed by atoms with van der Waals surface area (Å²) in [5.41, 5.74) is 1.94. The van der Waals surface area contributed by atoms with Crippen molar-refractivity contribution in [1.29, 1.82) is 0 Å². The van der Waals surface area contributed by atoms with Crippen molar-refractivity contribution in [1.82, 2.24) is 15.1 Å². The van der Waals surface area contributed by atoms with Gasteiger partial charge in [0.25, 0.3) is 0 Å². The zero-order valence-corrected chi connectivity index (χ0v) is 11.0. The summed E-state index contributed by atoms with van der Waals surface area (Å²) in [6, 6.07) is 1.78. The molecule has 1 aromatic rings. The smallest absolute Gasteiger partial charge is 0.317 e. The second-order valence-electron chi connectivity index (χ2n) is 4.45. The van der Waals surface area contributed by atoms with Crippen LogP contribution in [0.15, 0.2) is 6.07 Å². The van der Waals surface area contributed by atoms with Gasteiger partial charge in [-0.05, 0) is 26.0 Å². The number of aromatic nitrogens is 2. The number of nitrogens with zero attached hydrogens (tertiary/aromatic N) is 2. The van der Waals surface area contributed by atoms with E-state index < -0.39 is 12.6 Å². The van der Waals surface area contributed by atoms with E-state index in [0.29, 0.717) is 6.42 Å². The molecule has 1 atom stereocenters. The number of likely N-dealkylation sites (N-methyl/N-ethyl adjacent to an activating group) is 1. The molecule has 0 radical (unpaired) electrons. The molecule has 0 spiro atoms. The van der Waals surface area contributed by atoms with Crippen molar-refractivity contribution >= 4 is 0 Å². The van der Waals surface area contributed by atoms with Crippen LogP contribution in [0.3, 0.4) is 0 Å². The molecule has 0 fully saturated rings. The van der Waals surface area contributed by atoms with E-state index in [1.165, 1.54) is 0 Å². The Hall–Kier alpha value is -1.04. The number of hydrogen-bond acceptors (Lipinski definition) is 2. The second-order valence-corrected chi connectivity index (χ2v) is 4.45.